The standard InChI is InChI=1S/C16H21NO3/c1-11-9-12(16(18)19)5-6-13(11)10-17-7-8-20-15-4-2-3-14(15)17/h5-6,9,14-15H,2-4,7-8,10H2,1H3,(H,18,19). The largest absolute Gasteiger partial charge is 0.478 e. The molecule has 0 spiro atoms. The van der Waals surface area contributed by atoms with Crippen LogP contribution in [0.1, 0.15) is 40.7 Å². The number of carbonyl (C=O) groups is 1. The topological polar surface area (TPSA) is 49.8 Å². The Morgan fingerprint density at radius 2 is 2.30 bits per heavy atom. The molecule has 2 atom stereocenters. The number of aryl methyl sites for hydroxylation is 1. The molecule has 1 aromatic carbocycles. The molecule has 0 aromatic heterocycles. The fourth-order valence-electron chi connectivity index (χ4n) is 3.43. The second-order valence-electron chi connectivity index (χ2n) is 5.82. The number of benzene rings is 1. The molecule has 2 aliphatic rings. The summed E-state index contributed by atoms with van der Waals surface area (Å²) in [5, 5.41) is 9.02. The van der Waals surface area contributed by atoms with Gasteiger partial charge in [0.15, 0.2) is 0 Å². The molecule has 0 bridgehead atoms. The van der Waals surface area contributed by atoms with Crippen LogP contribution in [-0.4, -0.2) is 41.3 Å². The first-order chi connectivity index (χ1) is 9.65. The molecular weight excluding hydrogens is 254 g/mol. The highest BCUT2D eigenvalue weighted by molar-refractivity contribution is 5.87. The van der Waals surface area contributed by atoms with Crippen LogP contribution in [0, 0.1) is 6.92 Å². The Labute approximate surface area is 119 Å². The van der Waals surface area contributed by atoms with E-state index < -0.39 is 5.97 Å². The molecule has 108 valence electrons. The Balaban J connectivity index is 1.75. The van der Waals surface area contributed by atoms with Gasteiger partial charge in [0.05, 0.1) is 18.3 Å². The fraction of sp³-hybridized carbons (Fsp3) is 0.562. The van der Waals surface area contributed by atoms with Crippen LogP contribution >= 0.6 is 0 Å². The predicted octanol–water partition coefficient (Wildman–Crippen LogP) is 2.45. The fourth-order valence-corrected chi connectivity index (χ4v) is 3.43. The quantitative estimate of drug-likeness (QED) is 0.920. The maximum absolute atomic E-state index is 11.0. The molecule has 1 saturated heterocycles. The van der Waals surface area contributed by atoms with Gasteiger partial charge < -0.3 is 9.84 Å². The highest BCUT2D eigenvalue weighted by atomic mass is 16.5. The summed E-state index contributed by atoms with van der Waals surface area (Å²) in [6.45, 7) is 4.68. The zero-order chi connectivity index (χ0) is 14.1. The van der Waals surface area contributed by atoms with Gasteiger partial charge in [0.1, 0.15) is 0 Å². The van der Waals surface area contributed by atoms with Crippen molar-refractivity contribution in [3.05, 3.63) is 34.9 Å². The molecule has 3 rings (SSSR count). The molecule has 2 fully saturated rings. The Morgan fingerprint density at radius 1 is 1.45 bits per heavy atom. The Morgan fingerprint density at radius 3 is 3.05 bits per heavy atom. The Bertz CT molecular complexity index is 514. The lowest BCUT2D eigenvalue weighted by Crippen LogP contribution is -2.47. The normalized spacial score (nSPS) is 26.4. The van der Waals surface area contributed by atoms with E-state index >= 15 is 0 Å². The van der Waals surface area contributed by atoms with Crippen molar-refractivity contribution in [1.82, 2.24) is 4.90 Å². The van der Waals surface area contributed by atoms with Gasteiger partial charge in [-0.2, -0.15) is 0 Å². The zero-order valence-electron chi connectivity index (χ0n) is 11.8. The number of fused-ring (bicyclic) bond motifs is 1. The molecule has 0 radical (unpaired) electrons. The maximum atomic E-state index is 11.0. The average Bonchev–Trinajstić information content (AvgIpc) is 2.90. The monoisotopic (exact) mass is 275 g/mol. The molecule has 1 heterocycles. The molecule has 0 amide bonds. The van der Waals surface area contributed by atoms with Gasteiger partial charge in [0, 0.05) is 19.1 Å². The second kappa shape index (κ2) is 5.54. The van der Waals surface area contributed by atoms with Crippen molar-refractivity contribution in [2.24, 2.45) is 0 Å². The molecule has 1 aliphatic carbocycles. The molecule has 1 N–H and O–H groups in total. The molecule has 4 heteroatoms. The van der Waals surface area contributed by atoms with E-state index in [0.29, 0.717) is 17.7 Å². The second-order valence-corrected chi connectivity index (χ2v) is 5.82. The summed E-state index contributed by atoms with van der Waals surface area (Å²) in [4.78, 5) is 13.5. The van der Waals surface area contributed by atoms with Crippen LogP contribution in [0.2, 0.25) is 0 Å². The van der Waals surface area contributed by atoms with Crippen molar-refractivity contribution in [3.8, 4) is 0 Å². The van der Waals surface area contributed by atoms with Crippen LogP contribution in [0.25, 0.3) is 0 Å². The van der Waals surface area contributed by atoms with E-state index in [9.17, 15) is 4.79 Å². The van der Waals surface area contributed by atoms with E-state index in [-0.39, 0.29) is 0 Å². The molecule has 1 saturated carbocycles. The smallest absolute Gasteiger partial charge is 0.335 e. The first-order valence-corrected chi connectivity index (χ1v) is 7.33. The molecule has 20 heavy (non-hydrogen) atoms. The van der Waals surface area contributed by atoms with Crippen LogP contribution in [0.15, 0.2) is 18.2 Å². The third-order valence-corrected chi connectivity index (χ3v) is 4.56. The number of hydrogen-bond acceptors (Lipinski definition) is 3. The Hall–Kier alpha value is -1.39. The SMILES string of the molecule is Cc1cc(C(=O)O)ccc1CN1CCOC2CCCC21. The van der Waals surface area contributed by atoms with Crippen molar-refractivity contribution in [2.45, 2.75) is 44.9 Å². The van der Waals surface area contributed by atoms with Gasteiger partial charge in [0.25, 0.3) is 0 Å². The molecule has 1 aromatic rings. The van der Waals surface area contributed by atoms with Gasteiger partial charge >= 0.3 is 5.97 Å². The number of aromatic carboxylic acids is 1. The van der Waals surface area contributed by atoms with Gasteiger partial charge in [-0.15, -0.1) is 0 Å². The first-order valence-electron chi connectivity index (χ1n) is 7.33. The summed E-state index contributed by atoms with van der Waals surface area (Å²) < 4.78 is 5.83. The van der Waals surface area contributed by atoms with Crippen LogP contribution < -0.4 is 0 Å². The van der Waals surface area contributed by atoms with E-state index in [1.807, 2.05) is 13.0 Å². The summed E-state index contributed by atoms with van der Waals surface area (Å²) in [6, 6.07) is 5.97. The number of ether oxygens (including phenoxy) is 1. The van der Waals surface area contributed by atoms with Crippen LogP contribution in [-0.2, 0) is 11.3 Å². The minimum absolute atomic E-state index is 0.368. The third kappa shape index (κ3) is 2.58. The number of carboxylic acid groups (broad SMARTS) is 1. The Kier molecular flexibility index (Phi) is 3.76. The lowest BCUT2D eigenvalue weighted by molar-refractivity contribution is -0.0588. The number of hydrogen-bond donors (Lipinski definition) is 1. The maximum Gasteiger partial charge on any atom is 0.335 e. The van der Waals surface area contributed by atoms with Crippen molar-refractivity contribution in [3.63, 3.8) is 0 Å². The molecule has 4 nitrogen and oxygen atoms in total. The van der Waals surface area contributed by atoms with Crippen LogP contribution in [0.5, 0.6) is 0 Å². The van der Waals surface area contributed by atoms with Gasteiger partial charge in [-0.3, -0.25) is 4.90 Å². The molecule has 2 unspecified atom stereocenters. The summed E-state index contributed by atoms with van der Waals surface area (Å²) in [5.41, 5.74) is 2.65. The van der Waals surface area contributed by atoms with Crippen molar-refractivity contribution < 1.29 is 14.6 Å². The van der Waals surface area contributed by atoms with E-state index in [0.717, 1.165) is 25.3 Å². The van der Waals surface area contributed by atoms with Crippen LogP contribution in [0.4, 0.5) is 0 Å². The van der Waals surface area contributed by atoms with E-state index in [4.69, 9.17) is 9.84 Å². The van der Waals surface area contributed by atoms with Gasteiger partial charge in [-0.05, 0) is 49.4 Å². The van der Waals surface area contributed by atoms with E-state index in [1.54, 1.807) is 12.1 Å². The summed E-state index contributed by atoms with van der Waals surface area (Å²) in [7, 11) is 0. The van der Waals surface area contributed by atoms with Crippen molar-refractivity contribution >= 4 is 5.97 Å². The minimum Gasteiger partial charge on any atom is -0.478 e. The van der Waals surface area contributed by atoms with Gasteiger partial charge in [-0.1, -0.05) is 6.07 Å². The summed E-state index contributed by atoms with van der Waals surface area (Å²) in [6.07, 6.45) is 4.06. The van der Waals surface area contributed by atoms with Gasteiger partial charge in [-0.25, -0.2) is 4.79 Å². The first kappa shape index (κ1) is 13.6. The number of carboxylic acids is 1. The summed E-state index contributed by atoms with van der Waals surface area (Å²) >= 11 is 0. The summed E-state index contributed by atoms with van der Waals surface area (Å²) in [5.74, 6) is -0.859. The van der Waals surface area contributed by atoms with Crippen molar-refractivity contribution in [1.29, 1.82) is 0 Å². The lowest BCUT2D eigenvalue weighted by Gasteiger charge is -2.38. The zero-order valence-corrected chi connectivity index (χ0v) is 11.8. The van der Waals surface area contributed by atoms with E-state index in [2.05, 4.69) is 4.90 Å². The number of rotatable bonds is 3. The predicted molar refractivity (Wildman–Crippen MR) is 75.9 cm³/mol. The number of nitrogens with zero attached hydrogens (tertiary/aromatic N) is 1. The van der Waals surface area contributed by atoms with Gasteiger partial charge in [0.2, 0.25) is 0 Å². The average molecular weight is 275 g/mol. The minimum atomic E-state index is -0.859. The van der Waals surface area contributed by atoms with Crippen molar-refractivity contribution in [2.75, 3.05) is 13.2 Å². The van der Waals surface area contributed by atoms with Crippen LogP contribution in [0.3, 0.4) is 0 Å². The van der Waals surface area contributed by atoms with E-state index in [1.165, 1.54) is 24.8 Å². The molecule has 1 aliphatic heterocycles. The number of morpholine rings is 1. The highest BCUT2D eigenvalue weighted by Crippen LogP contribution is 2.31. The highest BCUT2D eigenvalue weighted by Gasteiger charge is 2.35. The third-order valence-electron chi connectivity index (χ3n) is 4.56. The molecular formula is C16H21NO3. The lowest BCUT2D eigenvalue weighted by atomic mass is 10.0.